The minimum absolute atomic E-state index is 0.102. The molecule has 1 heterocycles. The average Bonchev–Trinajstić information content (AvgIpc) is 2.68. The monoisotopic (exact) mass is 445 g/mol. The molecule has 1 N–H and O–H groups in total. The van der Waals surface area contributed by atoms with Gasteiger partial charge in [-0.1, -0.05) is 30.3 Å². The fourth-order valence-electron chi connectivity index (χ4n) is 2.89. The molecule has 2 aromatic carbocycles. The first-order valence-electron chi connectivity index (χ1n) is 8.68. The number of aromatic hydroxyl groups is 1. The molecule has 0 saturated heterocycles. The molecular formula is C21H17BrFNO4. The third-order valence-electron chi connectivity index (χ3n) is 4.19. The number of hydrogen-bond acceptors (Lipinski definition) is 5. The predicted molar refractivity (Wildman–Crippen MR) is 107 cm³/mol. The van der Waals surface area contributed by atoms with E-state index in [-0.39, 0.29) is 30.9 Å². The number of para-hydroxylation sites is 1. The van der Waals surface area contributed by atoms with Crippen LogP contribution in [0.2, 0.25) is 0 Å². The van der Waals surface area contributed by atoms with Gasteiger partial charge in [-0.05, 0) is 40.5 Å². The van der Waals surface area contributed by atoms with Crippen LogP contribution in [-0.4, -0.2) is 28.4 Å². The van der Waals surface area contributed by atoms with Gasteiger partial charge in [0.25, 0.3) is 0 Å². The van der Waals surface area contributed by atoms with Crippen LogP contribution in [-0.2, 0) is 9.53 Å². The van der Waals surface area contributed by atoms with E-state index in [0.29, 0.717) is 26.5 Å². The second-order valence-electron chi connectivity index (χ2n) is 6.06. The van der Waals surface area contributed by atoms with Crippen LogP contribution in [0.5, 0.6) is 5.75 Å². The van der Waals surface area contributed by atoms with Gasteiger partial charge in [-0.25, -0.2) is 9.37 Å². The van der Waals surface area contributed by atoms with Crippen LogP contribution in [0.4, 0.5) is 4.39 Å². The molecule has 0 atom stereocenters. The van der Waals surface area contributed by atoms with Crippen LogP contribution in [0.25, 0.3) is 22.0 Å². The van der Waals surface area contributed by atoms with E-state index in [0.717, 1.165) is 0 Å². The van der Waals surface area contributed by atoms with Gasteiger partial charge in [0.1, 0.15) is 11.5 Å². The van der Waals surface area contributed by atoms with Crippen molar-refractivity contribution in [2.45, 2.75) is 19.8 Å². The number of esters is 1. The number of carbonyl (C=O) groups is 2. The number of Topliss-reactive ketones (excluding diaryl/α,β-unsaturated/α-hetero) is 1. The Morgan fingerprint density at radius 3 is 2.64 bits per heavy atom. The molecule has 5 nitrogen and oxygen atoms in total. The zero-order chi connectivity index (χ0) is 20.3. The third-order valence-corrected chi connectivity index (χ3v) is 4.99. The Hall–Kier alpha value is -2.80. The van der Waals surface area contributed by atoms with Gasteiger partial charge in [-0.2, -0.15) is 0 Å². The van der Waals surface area contributed by atoms with Crippen molar-refractivity contribution in [3.63, 3.8) is 0 Å². The minimum atomic E-state index is -0.490. The lowest BCUT2D eigenvalue weighted by atomic mass is 10.0. The lowest BCUT2D eigenvalue weighted by Crippen LogP contribution is -2.09. The molecule has 1 aromatic heterocycles. The van der Waals surface area contributed by atoms with Gasteiger partial charge in [-0.3, -0.25) is 9.59 Å². The number of carbonyl (C=O) groups excluding carboxylic acids is 2. The number of nitrogens with zero attached hydrogens (tertiary/aromatic N) is 1. The Bertz CT molecular complexity index is 1070. The van der Waals surface area contributed by atoms with E-state index >= 15 is 0 Å². The quantitative estimate of drug-likeness (QED) is 0.425. The van der Waals surface area contributed by atoms with Crippen molar-refractivity contribution < 1.29 is 23.8 Å². The SMILES string of the molecule is CCOC(=O)CCC(=O)c1nc2c(-c3cccc(F)c3)cccc2c(Br)c1O. The van der Waals surface area contributed by atoms with E-state index in [1.807, 2.05) is 0 Å². The molecule has 28 heavy (non-hydrogen) atoms. The number of ketones is 1. The summed E-state index contributed by atoms with van der Waals surface area (Å²) in [6.07, 6.45) is -0.242. The van der Waals surface area contributed by atoms with Crippen molar-refractivity contribution in [3.05, 3.63) is 58.4 Å². The number of hydrogen-bond donors (Lipinski definition) is 1. The molecule has 0 saturated carbocycles. The number of ether oxygens (including phenoxy) is 1. The van der Waals surface area contributed by atoms with Crippen molar-refractivity contribution in [3.8, 4) is 16.9 Å². The van der Waals surface area contributed by atoms with E-state index in [1.54, 1.807) is 37.3 Å². The predicted octanol–water partition coefficient (Wildman–Crippen LogP) is 5.04. The first-order valence-corrected chi connectivity index (χ1v) is 9.47. The maximum atomic E-state index is 13.7. The molecule has 0 unspecified atom stereocenters. The second-order valence-corrected chi connectivity index (χ2v) is 6.86. The molecule has 3 aromatic rings. The molecule has 3 rings (SSSR count). The van der Waals surface area contributed by atoms with Crippen molar-refractivity contribution in [1.82, 2.24) is 4.98 Å². The number of pyridine rings is 1. The summed E-state index contributed by atoms with van der Waals surface area (Å²) in [5.74, 6) is -1.66. The van der Waals surface area contributed by atoms with Crippen LogP contribution < -0.4 is 0 Å². The maximum absolute atomic E-state index is 13.7. The van der Waals surface area contributed by atoms with E-state index in [9.17, 15) is 19.1 Å². The first kappa shape index (κ1) is 19.9. The molecule has 0 aliphatic rings. The summed E-state index contributed by atoms with van der Waals surface area (Å²) in [5.41, 5.74) is 1.52. The number of aromatic nitrogens is 1. The van der Waals surface area contributed by atoms with Crippen molar-refractivity contribution >= 4 is 38.6 Å². The zero-order valence-corrected chi connectivity index (χ0v) is 16.6. The van der Waals surface area contributed by atoms with E-state index in [2.05, 4.69) is 20.9 Å². The standard InChI is InChI=1S/C21H17BrFNO4/c1-2-28-17(26)10-9-16(25)20-21(27)18(22)15-8-4-7-14(19(15)24-20)12-5-3-6-13(23)11-12/h3-8,11,27H,2,9-10H2,1H3. The van der Waals surface area contributed by atoms with E-state index in [1.165, 1.54) is 12.1 Å². The van der Waals surface area contributed by atoms with Gasteiger partial charge in [-0.15, -0.1) is 0 Å². The van der Waals surface area contributed by atoms with Gasteiger partial charge < -0.3 is 9.84 Å². The highest BCUT2D eigenvalue weighted by molar-refractivity contribution is 9.10. The Balaban J connectivity index is 2.07. The number of benzene rings is 2. The molecule has 7 heteroatoms. The lowest BCUT2D eigenvalue weighted by Gasteiger charge is -2.12. The smallest absolute Gasteiger partial charge is 0.306 e. The van der Waals surface area contributed by atoms with Crippen LogP contribution in [0.15, 0.2) is 46.9 Å². The third kappa shape index (κ3) is 4.04. The highest BCUT2D eigenvalue weighted by atomic mass is 79.9. The van der Waals surface area contributed by atoms with Crippen molar-refractivity contribution in [2.75, 3.05) is 6.61 Å². The number of fused-ring (bicyclic) bond motifs is 1. The van der Waals surface area contributed by atoms with Crippen LogP contribution in [0.3, 0.4) is 0 Å². The lowest BCUT2D eigenvalue weighted by molar-refractivity contribution is -0.143. The molecule has 0 bridgehead atoms. The van der Waals surface area contributed by atoms with Crippen molar-refractivity contribution in [1.29, 1.82) is 0 Å². The van der Waals surface area contributed by atoms with Gasteiger partial charge >= 0.3 is 5.97 Å². The summed E-state index contributed by atoms with van der Waals surface area (Å²) in [6, 6.07) is 11.3. The Kier molecular flexibility index (Phi) is 6.04. The Labute approximate surface area is 169 Å². The molecule has 144 valence electrons. The highest BCUT2D eigenvalue weighted by Gasteiger charge is 2.21. The minimum Gasteiger partial charge on any atom is -0.504 e. The topological polar surface area (TPSA) is 76.5 Å². The first-order chi connectivity index (χ1) is 13.4. The molecule has 0 amide bonds. The van der Waals surface area contributed by atoms with Crippen LogP contribution in [0, 0.1) is 5.82 Å². The number of rotatable bonds is 6. The highest BCUT2D eigenvalue weighted by Crippen LogP contribution is 2.38. The molecule has 0 radical (unpaired) electrons. The summed E-state index contributed by atoms with van der Waals surface area (Å²) in [7, 11) is 0. The van der Waals surface area contributed by atoms with Gasteiger partial charge in [0, 0.05) is 17.4 Å². The number of halogens is 2. The summed E-state index contributed by atoms with van der Waals surface area (Å²) in [6.45, 7) is 1.91. The molecule has 0 aliphatic carbocycles. The zero-order valence-electron chi connectivity index (χ0n) is 15.0. The second kappa shape index (κ2) is 8.48. The summed E-state index contributed by atoms with van der Waals surface area (Å²) in [4.78, 5) is 28.4. The van der Waals surface area contributed by atoms with Gasteiger partial charge in [0.2, 0.25) is 0 Å². The molecule has 0 spiro atoms. The van der Waals surface area contributed by atoms with Crippen LogP contribution >= 0.6 is 15.9 Å². The van der Waals surface area contributed by atoms with Crippen LogP contribution in [0.1, 0.15) is 30.3 Å². The maximum Gasteiger partial charge on any atom is 0.306 e. The summed E-state index contributed by atoms with van der Waals surface area (Å²) < 4.78 is 18.8. The molecular weight excluding hydrogens is 429 g/mol. The normalized spacial score (nSPS) is 10.8. The fourth-order valence-corrected chi connectivity index (χ4v) is 3.40. The Morgan fingerprint density at radius 2 is 1.93 bits per heavy atom. The van der Waals surface area contributed by atoms with E-state index < -0.39 is 17.6 Å². The van der Waals surface area contributed by atoms with Gasteiger partial charge in [0.15, 0.2) is 11.5 Å². The van der Waals surface area contributed by atoms with E-state index in [4.69, 9.17) is 4.74 Å². The average molecular weight is 446 g/mol. The Morgan fingerprint density at radius 1 is 1.18 bits per heavy atom. The van der Waals surface area contributed by atoms with Crippen molar-refractivity contribution in [2.24, 2.45) is 0 Å². The largest absolute Gasteiger partial charge is 0.504 e. The van der Waals surface area contributed by atoms with Gasteiger partial charge in [0.05, 0.1) is 23.0 Å². The molecule has 0 aliphatic heterocycles. The summed E-state index contributed by atoms with van der Waals surface area (Å²) >= 11 is 3.32. The molecule has 0 fully saturated rings. The fraction of sp³-hybridized carbons (Fsp3) is 0.190. The summed E-state index contributed by atoms with van der Waals surface area (Å²) in [5, 5.41) is 11.0.